The minimum Gasteiger partial charge on any atom is -0.300 e. The molecule has 0 unspecified atom stereocenters. The van der Waals surface area contributed by atoms with Gasteiger partial charge in [-0.3, -0.25) is 10.1 Å². The molecule has 0 radical (unpaired) electrons. The Bertz CT molecular complexity index is 562. The number of nitro benzene ring substituents is 1. The molecule has 1 aromatic rings. The van der Waals surface area contributed by atoms with Crippen molar-refractivity contribution >= 4 is 21.4 Å². The van der Waals surface area contributed by atoms with Crippen molar-refractivity contribution in [1.82, 2.24) is 4.31 Å². The standard InChI is InChI=1S/C11H15N3O4S/c1-19(17,18)13-8-6-12(7-9-13)10-2-4-11(5-3-10)14(15)16/h2-5H,6-9H2,1H3/p+1. The molecule has 0 bridgehead atoms. The van der Waals surface area contributed by atoms with E-state index in [1.807, 2.05) is 0 Å². The molecule has 1 N–H and O–H groups in total. The van der Waals surface area contributed by atoms with E-state index in [2.05, 4.69) is 0 Å². The molecule has 0 saturated carbocycles. The number of hydrogen-bond acceptors (Lipinski definition) is 4. The molecular formula is C11H16N3O4S+. The zero-order valence-electron chi connectivity index (χ0n) is 10.6. The van der Waals surface area contributed by atoms with Crippen LogP contribution >= 0.6 is 0 Å². The molecule has 8 heteroatoms. The molecule has 0 spiro atoms. The lowest BCUT2D eigenvalue weighted by atomic mass is 10.2. The van der Waals surface area contributed by atoms with Gasteiger partial charge in [0, 0.05) is 24.3 Å². The number of sulfonamides is 1. The molecule has 1 fully saturated rings. The fourth-order valence-electron chi connectivity index (χ4n) is 2.20. The molecule has 1 aromatic carbocycles. The third kappa shape index (κ3) is 3.28. The van der Waals surface area contributed by atoms with Gasteiger partial charge < -0.3 is 4.90 Å². The second-order valence-electron chi connectivity index (χ2n) is 4.57. The number of nitrogens with zero attached hydrogens (tertiary/aromatic N) is 2. The number of quaternary nitrogens is 1. The number of non-ortho nitro benzene ring substituents is 1. The SMILES string of the molecule is CS(=O)(=O)N1CC[NH+](c2ccc([N+](=O)[O-])cc2)CC1. The summed E-state index contributed by atoms with van der Waals surface area (Å²) in [5.41, 5.74) is 1.02. The molecule has 0 amide bonds. The maximum atomic E-state index is 11.4. The molecule has 0 aromatic heterocycles. The van der Waals surface area contributed by atoms with Crippen LogP contribution in [0.15, 0.2) is 24.3 Å². The number of nitro groups is 1. The fraction of sp³-hybridized carbons (Fsp3) is 0.455. The van der Waals surface area contributed by atoms with Crippen molar-refractivity contribution in [3.8, 4) is 0 Å². The second kappa shape index (κ2) is 5.24. The summed E-state index contributed by atoms with van der Waals surface area (Å²) >= 11 is 0. The van der Waals surface area contributed by atoms with Gasteiger partial charge in [0.1, 0.15) is 5.69 Å². The maximum absolute atomic E-state index is 11.4. The molecule has 0 aliphatic carbocycles. The van der Waals surface area contributed by atoms with E-state index >= 15 is 0 Å². The Labute approximate surface area is 111 Å². The smallest absolute Gasteiger partial charge is 0.269 e. The van der Waals surface area contributed by atoms with Crippen LogP contribution in [0.2, 0.25) is 0 Å². The number of rotatable bonds is 3. The van der Waals surface area contributed by atoms with Crippen molar-refractivity contribution in [3.63, 3.8) is 0 Å². The topological polar surface area (TPSA) is 85.0 Å². The normalized spacial score (nSPS) is 18.4. The van der Waals surface area contributed by atoms with E-state index in [9.17, 15) is 18.5 Å². The first-order chi connectivity index (χ1) is 8.88. The Balaban J connectivity index is 2.03. The lowest BCUT2D eigenvalue weighted by Gasteiger charge is -2.30. The van der Waals surface area contributed by atoms with Crippen LogP contribution in [0.3, 0.4) is 0 Å². The summed E-state index contributed by atoms with van der Waals surface area (Å²) < 4.78 is 24.2. The molecular weight excluding hydrogens is 270 g/mol. The summed E-state index contributed by atoms with van der Waals surface area (Å²) in [6.45, 7) is 2.30. The van der Waals surface area contributed by atoms with Crippen LogP contribution in [-0.4, -0.2) is 50.1 Å². The van der Waals surface area contributed by atoms with Crippen molar-refractivity contribution in [2.75, 3.05) is 32.4 Å². The maximum Gasteiger partial charge on any atom is 0.269 e. The molecule has 1 heterocycles. The third-order valence-electron chi connectivity index (χ3n) is 3.28. The van der Waals surface area contributed by atoms with Crippen molar-refractivity contribution < 1.29 is 18.2 Å². The molecule has 1 aliphatic rings. The first-order valence-corrected chi connectivity index (χ1v) is 7.77. The summed E-state index contributed by atoms with van der Waals surface area (Å²) in [5, 5.41) is 10.6. The van der Waals surface area contributed by atoms with Gasteiger partial charge in [-0.2, -0.15) is 4.31 Å². The number of hydrogen-bond donors (Lipinski definition) is 1. The monoisotopic (exact) mass is 286 g/mol. The van der Waals surface area contributed by atoms with Crippen molar-refractivity contribution in [2.45, 2.75) is 0 Å². The van der Waals surface area contributed by atoms with Crippen LogP contribution in [0.25, 0.3) is 0 Å². The van der Waals surface area contributed by atoms with E-state index in [0.717, 1.165) is 10.6 Å². The van der Waals surface area contributed by atoms with Crippen LogP contribution in [-0.2, 0) is 10.0 Å². The molecule has 2 rings (SSSR count). The van der Waals surface area contributed by atoms with Gasteiger partial charge in [0.05, 0.1) is 37.4 Å². The Morgan fingerprint density at radius 2 is 1.74 bits per heavy atom. The van der Waals surface area contributed by atoms with Gasteiger partial charge in [-0.25, -0.2) is 8.42 Å². The van der Waals surface area contributed by atoms with Crippen LogP contribution in [0.5, 0.6) is 0 Å². The lowest BCUT2D eigenvalue weighted by Crippen LogP contribution is -3.10. The Kier molecular flexibility index (Phi) is 3.83. The van der Waals surface area contributed by atoms with Gasteiger partial charge in [0.2, 0.25) is 10.0 Å². The number of benzene rings is 1. The summed E-state index contributed by atoms with van der Waals surface area (Å²) in [6, 6.07) is 6.41. The zero-order valence-corrected chi connectivity index (χ0v) is 11.4. The van der Waals surface area contributed by atoms with Gasteiger partial charge >= 0.3 is 0 Å². The number of piperazine rings is 1. The Hall–Kier alpha value is -1.51. The van der Waals surface area contributed by atoms with Crippen LogP contribution in [0.1, 0.15) is 0 Å². The van der Waals surface area contributed by atoms with Crippen molar-refractivity contribution in [3.05, 3.63) is 34.4 Å². The van der Waals surface area contributed by atoms with Gasteiger partial charge in [0.15, 0.2) is 0 Å². The third-order valence-corrected chi connectivity index (χ3v) is 4.58. The van der Waals surface area contributed by atoms with E-state index < -0.39 is 14.9 Å². The van der Waals surface area contributed by atoms with Crippen molar-refractivity contribution in [2.24, 2.45) is 0 Å². The summed E-state index contributed by atoms with van der Waals surface area (Å²) in [5.74, 6) is 0. The average Bonchev–Trinajstić information content (AvgIpc) is 2.38. The van der Waals surface area contributed by atoms with Crippen LogP contribution in [0.4, 0.5) is 11.4 Å². The highest BCUT2D eigenvalue weighted by molar-refractivity contribution is 7.88. The Morgan fingerprint density at radius 3 is 2.16 bits per heavy atom. The minimum atomic E-state index is -3.12. The summed E-state index contributed by atoms with van der Waals surface area (Å²) in [7, 11) is -3.12. The lowest BCUT2D eigenvalue weighted by molar-refractivity contribution is -0.837. The van der Waals surface area contributed by atoms with Gasteiger partial charge in [0.25, 0.3) is 5.69 Å². The zero-order chi connectivity index (χ0) is 14.0. The van der Waals surface area contributed by atoms with Crippen LogP contribution < -0.4 is 4.90 Å². The highest BCUT2D eigenvalue weighted by atomic mass is 32.2. The highest BCUT2D eigenvalue weighted by Crippen LogP contribution is 2.13. The first-order valence-electron chi connectivity index (χ1n) is 5.92. The van der Waals surface area contributed by atoms with Crippen molar-refractivity contribution in [1.29, 1.82) is 0 Å². The summed E-state index contributed by atoms with van der Waals surface area (Å²) in [6.07, 6.45) is 1.21. The van der Waals surface area contributed by atoms with Gasteiger partial charge in [-0.1, -0.05) is 0 Å². The quantitative estimate of drug-likeness (QED) is 0.593. The molecule has 19 heavy (non-hydrogen) atoms. The van der Waals surface area contributed by atoms with Crippen LogP contribution in [0, 0.1) is 10.1 Å². The number of nitrogens with one attached hydrogen (secondary N) is 1. The predicted molar refractivity (Wildman–Crippen MR) is 69.9 cm³/mol. The minimum absolute atomic E-state index is 0.0675. The predicted octanol–water partition coefficient (Wildman–Crippen LogP) is -0.614. The molecule has 0 atom stereocenters. The molecule has 1 saturated heterocycles. The molecule has 1 aliphatic heterocycles. The van der Waals surface area contributed by atoms with E-state index in [1.54, 1.807) is 12.1 Å². The first kappa shape index (κ1) is 13.9. The average molecular weight is 286 g/mol. The van der Waals surface area contributed by atoms with E-state index in [4.69, 9.17) is 0 Å². The Morgan fingerprint density at radius 1 is 1.21 bits per heavy atom. The summed E-state index contributed by atoms with van der Waals surface area (Å²) in [4.78, 5) is 11.3. The van der Waals surface area contributed by atoms with Gasteiger partial charge in [-0.15, -0.1) is 0 Å². The van der Waals surface area contributed by atoms with Gasteiger partial charge in [-0.05, 0) is 0 Å². The second-order valence-corrected chi connectivity index (χ2v) is 6.55. The fourth-order valence-corrected chi connectivity index (χ4v) is 3.04. The molecule has 7 nitrogen and oxygen atoms in total. The van der Waals surface area contributed by atoms with E-state index in [-0.39, 0.29) is 5.69 Å². The van der Waals surface area contributed by atoms with E-state index in [1.165, 1.54) is 22.7 Å². The van der Waals surface area contributed by atoms with E-state index in [0.29, 0.717) is 26.2 Å². The largest absolute Gasteiger partial charge is 0.300 e. The molecule has 104 valence electrons. The highest BCUT2D eigenvalue weighted by Gasteiger charge is 2.27.